The predicted octanol–water partition coefficient (Wildman–Crippen LogP) is 2.62. The average molecular weight is 266 g/mol. The minimum atomic E-state index is -0.288. The second-order valence-electron chi connectivity index (χ2n) is 5.26. The van der Waals surface area contributed by atoms with E-state index in [4.69, 9.17) is 0 Å². The summed E-state index contributed by atoms with van der Waals surface area (Å²) in [4.78, 5) is 4.76. The van der Waals surface area contributed by atoms with Crippen molar-refractivity contribution in [2.45, 2.75) is 26.3 Å². The summed E-state index contributed by atoms with van der Waals surface area (Å²) >= 11 is 0. The fraction of sp³-hybridized carbons (Fsp3) is 0.600. The number of nitrogens with zero attached hydrogens (tertiary/aromatic N) is 2. The van der Waals surface area contributed by atoms with Crippen LogP contribution in [-0.2, 0) is 0 Å². The van der Waals surface area contributed by atoms with Crippen LogP contribution in [0.5, 0.6) is 5.75 Å². The molecule has 106 valence electrons. The van der Waals surface area contributed by atoms with Gasteiger partial charge < -0.3 is 10.0 Å². The molecule has 3 nitrogen and oxygen atoms in total. The zero-order chi connectivity index (χ0) is 13.8. The van der Waals surface area contributed by atoms with Gasteiger partial charge in [0.05, 0.1) is 0 Å². The maximum Gasteiger partial charge on any atom is 0.123 e. The van der Waals surface area contributed by atoms with E-state index in [1.807, 2.05) is 6.92 Å². The van der Waals surface area contributed by atoms with Gasteiger partial charge >= 0.3 is 0 Å². The lowest BCUT2D eigenvalue weighted by Gasteiger charge is -2.38. The minimum Gasteiger partial charge on any atom is -0.508 e. The molecule has 1 atom stereocenters. The van der Waals surface area contributed by atoms with E-state index in [0.717, 1.165) is 32.7 Å². The van der Waals surface area contributed by atoms with E-state index in [0.29, 0.717) is 5.56 Å². The third-order valence-corrected chi connectivity index (χ3v) is 3.93. The number of benzene rings is 1. The highest BCUT2D eigenvalue weighted by Crippen LogP contribution is 2.29. The largest absolute Gasteiger partial charge is 0.508 e. The normalized spacial score (nSPS) is 19.5. The highest BCUT2D eigenvalue weighted by atomic mass is 19.1. The standard InChI is InChI=1S/C15H23FN2O/c1-3-6-17-7-9-18(10-8-17)12(2)14-11-13(16)4-5-15(14)19/h4-5,11-12,19H,3,6-10H2,1-2H3. The minimum absolute atomic E-state index is 0.0551. The first-order valence-corrected chi connectivity index (χ1v) is 7.06. The molecule has 1 aliphatic heterocycles. The second-order valence-corrected chi connectivity index (χ2v) is 5.26. The summed E-state index contributed by atoms with van der Waals surface area (Å²) in [7, 11) is 0. The van der Waals surface area contributed by atoms with Gasteiger partial charge in [0, 0.05) is 37.8 Å². The Bertz CT molecular complexity index is 417. The zero-order valence-corrected chi connectivity index (χ0v) is 11.8. The molecule has 1 aromatic carbocycles. The van der Waals surface area contributed by atoms with Gasteiger partial charge in [0.25, 0.3) is 0 Å². The van der Waals surface area contributed by atoms with Crippen LogP contribution in [0.15, 0.2) is 18.2 Å². The molecule has 1 N–H and O–H groups in total. The Labute approximate surface area is 114 Å². The van der Waals surface area contributed by atoms with Crippen molar-refractivity contribution in [1.29, 1.82) is 0 Å². The van der Waals surface area contributed by atoms with E-state index in [1.165, 1.54) is 24.6 Å². The van der Waals surface area contributed by atoms with E-state index < -0.39 is 0 Å². The molecule has 0 bridgehead atoms. The number of phenolic OH excluding ortho intramolecular Hbond substituents is 1. The zero-order valence-electron chi connectivity index (χ0n) is 11.8. The van der Waals surface area contributed by atoms with Crippen LogP contribution in [0, 0.1) is 5.82 Å². The van der Waals surface area contributed by atoms with E-state index in [9.17, 15) is 9.50 Å². The Morgan fingerprint density at radius 1 is 1.26 bits per heavy atom. The van der Waals surface area contributed by atoms with Gasteiger partial charge in [0.1, 0.15) is 11.6 Å². The monoisotopic (exact) mass is 266 g/mol. The lowest BCUT2D eigenvalue weighted by Crippen LogP contribution is -2.47. The summed E-state index contributed by atoms with van der Waals surface area (Å²) in [5.74, 6) is -0.103. The average Bonchev–Trinajstić information content (AvgIpc) is 2.42. The number of phenols is 1. The topological polar surface area (TPSA) is 26.7 Å². The third-order valence-electron chi connectivity index (χ3n) is 3.93. The van der Waals surface area contributed by atoms with Gasteiger partial charge in [-0.05, 0) is 38.1 Å². The molecule has 2 rings (SSSR count). The molecule has 0 aliphatic carbocycles. The van der Waals surface area contributed by atoms with Crippen molar-refractivity contribution in [3.05, 3.63) is 29.6 Å². The van der Waals surface area contributed by atoms with Crippen LogP contribution in [0.1, 0.15) is 31.9 Å². The first-order valence-electron chi connectivity index (χ1n) is 7.06. The summed E-state index contributed by atoms with van der Waals surface area (Å²) in [6.45, 7) is 9.41. The first kappa shape index (κ1) is 14.3. The number of rotatable bonds is 4. The molecule has 1 saturated heterocycles. The van der Waals surface area contributed by atoms with Crippen LogP contribution in [-0.4, -0.2) is 47.6 Å². The summed E-state index contributed by atoms with van der Waals surface area (Å²) in [5, 5.41) is 9.87. The van der Waals surface area contributed by atoms with Crippen molar-refractivity contribution in [2.24, 2.45) is 0 Å². The Morgan fingerprint density at radius 2 is 1.95 bits per heavy atom. The van der Waals surface area contributed by atoms with Gasteiger partial charge in [-0.15, -0.1) is 0 Å². The van der Waals surface area contributed by atoms with E-state index in [-0.39, 0.29) is 17.6 Å². The van der Waals surface area contributed by atoms with E-state index in [2.05, 4.69) is 16.7 Å². The molecule has 1 aliphatic rings. The Kier molecular flexibility index (Phi) is 4.77. The van der Waals surface area contributed by atoms with Gasteiger partial charge in [-0.2, -0.15) is 0 Å². The van der Waals surface area contributed by atoms with Crippen molar-refractivity contribution >= 4 is 0 Å². The molecule has 0 spiro atoms. The maximum absolute atomic E-state index is 13.3. The fourth-order valence-electron chi connectivity index (χ4n) is 2.75. The first-order chi connectivity index (χ1) is 9.11. The van der Waals surface area contributed by atoms with Gasteiger partial charge in [-0.3, -0.25) is 4.90 Å². The van der Waals surface area contributed by atoms with Crippen molar-refractivity contribution in [2.75, 3.05) is 32.7 Å². The number of hydrogen-bond acceptors (Lipinski definition) is 3. The summed E-state index contributed by atoms with van der Waals surface area (Å²) in [6, 6.07) is 4.23. The van der Waals surface area contributed by atoms with Gasteiger partial charge in [0.15, 0.2) is 0 Å². The molecule has 0 aromatic heterocycles. The predicted molar refractivity (Wildman–Crippen MR) is 74.8 cm³/mol. The molecule has 1 unspecified atom stereocenters. The molecule has 1 fully saturated rings. The Morgan fingerprint density at radius 3 is 2.58 bits per heavy atom. The van der Waals surface area contributed by atoms with Crippen molar-refractivity contribution in [3.63, 3.8) is 0 Å². The van der Waals surface area contributed by atoms with E-state index >= 15 is 0 Å². The molecule has 0 amide bonds. The Balaban J connectivity index is 2.01. The van der Waals surface area contributed by atoms with Crippen LogP contribution >= 0.6 is 0 Å². The quantitative estimate of drug-likeness (QED) is 0.907. The molecule has 0 radical (unpaired) electrons. The smallest absolute Gasteiger partial charge is 0.123 e. The summed E-state index contributed by atoms with van der Waals surface area (Å²) in [5.41, 5.74) is 0.684. The maximum atomic E-state index is 13.3. The third kappa shape index (κ3) is 3.45. The lowest BCUT2D eigenvalue weighted by atomic mass is 10.0. The van der Waals surface area contributed by atoms with Gasteiger partial charge in [0.2, 0.25) is 0 Å². The van der Waals surface area contributed by atoms with Gasteiger partial charge in [-0.1, -0.05) is 6.92 Å². The molecular formula is C15H23FN2O. The fourth-order valence-corrected chi connectivity index (χ4v) is 2.75. The molecule has 4 heteroatoms. The highest BCUT2D eigenvalue weighted by Gasteiger charge is 2.23. The summed E-state index contributed by atoms with van der Waals surface area (Å²) < 4.78 is 13.3. The lowest BCUT2D eigenvalue weighted by molar-refractivity contribution is 0.101. The van der Waals surface area contributed by atoms with Crippen LogP contribution in [0.4, 0.5) is 4.39 Å². The van der Waals surface area contributed by atoms with Crippen molar-refractivity contribution in [1.82, 2.24) is 9.80 Å². The molecule has 19 heavy (non-hydrogen) atoms. The van der Waals surface area contributed by atoms with Crippen LogP contribution in [0.25, 0.3) is 0 Å². The van der Waals surface area contributed by atoms with Gasteiger partial charge in [-0.25, -0.2) is 4.39 Å². The molecule has 0 saturated carbocycles. The van der Waals surface area contributed by atoms with Crippen molar-refractivity contribution < 1.29 is 9.50 Å². The molecule has 1 heterocycles. The molecule has 1 aromatic rings. The molecular weight excluding hydrogens is 243 g/mol. The van der Waals surface area contributed by atoms with Crippen molar-refractivity contribution in [3.8, 4) is 5.75 Å². The van der Waals surface area contributed by atoms with Crippen LogP contribution in [0.3, 0.4) is 0 Å². The SMILES string of the molecule is CCCN1CCN(C(C)c2cc(F)ccc2O)CC1. The number of piperazine rings is 1. The second kappa shape index (κ2) is 6.35. The van der Waals surface area contributed by atoms with E-state index in [1.54, 1.807) is 0 Å². The van der Waals surface area contributed by atoms with Crippen LogP contribution < -0.4 is 0 Å². The number of hydrogen-bond donors (Lipinski definition) is 1. The number of aromatic hydroxyl groups is 1. The van der Waals surface area contributed by atoms with Crippen LogP contribution in [0.2, 0.25) is 0 Å². The number of halogens is 1. The Hall–Kier alpha value is -1.13. The highest BCUT2D eigenvalue weighted by molar-refractivity contribution is 5.35. The summed E-state index contributed by atoms with van der Waals surface area (Å²) in [6.07, 6.45) is 1.18.